The predicted octanol–water partition coefficient (Wildman–Crippen LogP) is 2.29. The zero-order valence-corrected chi connectivity index (χ0v) is 15.3. The van der Waals surface area contributed by atoms with E-state index in [0.717, 1.165) is 34.1 Å². The maximum atomic E-state index is 12.1. The average molecular weight is 361 g/mol. The summed E-state index contributed by atoms with van der Waals surface area (Å²) >= 11 is 0. The Bertz CT molecular complexity index is 1140. The van der Waals surface area contributed by atoms with Gasteiger partial charge >= 0.3 is 0 Å². The van der Waals surface area contributed by atoms with Gasteiger partial charge in [-0.3, -0.25) is 4.79 Å². The van der Waals surface area contributed by atoms with E-state index in [4.69, 9.17) is 0 Å². The SMILES string of the molecule is CNC(=O)c1cnn2ccc(-c3cc(NC)nn3-c3cccc(C)n3)cc12. The molecular weight excluding hydrogens is 342 g/mol. The van der Waals surface area contributed by atoms with Crippen molar-refractivity contribution in [1.82, 2.24) is 29.7 Å². The third-order valence-corrected chi connectivity index (χ3v) is 4.35. The lowest BCUT2D eigenvalue weighted by molar-refractivity contribution is 0.0964. The Labute approximate surface area is 155 Å². The highest BCUT2D eigenvalue weighted by Gasteiger charge is 2.16. The van der Waals surface area contributed by atoms with Gasteiger partial charge in [-0.25, -0.2) is 14.2 Å². The van der Waals surface area contributed by atoms with Crippen LogP contribution in [-0.4, -0.2) is 44.4 Å². The lowest BCUT2D eigenvalue weighted by Crippen LogP contribution is -2.17. The number of hydrogen-bond acceptors (Lipinski definition) is 5. The van der Waals surface area contributed by atoms with Crippen LogP contribution in [0.5, 0.6) is 0 Å². The van der Waals surface area contributed by atoms with Crippen molar-refractivity contribution in [3.8, 4) is 17.1 Å². The molecule has 0 saturated heterocycles. The Kier molecular flexibility index (Phi) is 4.08. The van der Waals surface area contributed by atoms with Gasteiger partial charge in [-0.05, 0) is 31.2 Å². The highest BCUT2D eigenvalue weighted by molar-refractivity contribution is 6.01. The Morgan fingerprint density at radius 2 is 2.00 bits per heavy atom. The van der Waals surface area contributed by atoms with E-state index in [1.807, 2.05) is 56.6 Å². The van der Waals surface area contributed by atoms with Gasteiger partial charge in [0.1, 0.15) is 5.82 Å². The molecule has 4 heterocycles. The number of aromatic nitrogens is 5. The van der Waals surface area contributed by atoms with E-state index in [2.05, 4.69) is 25.8 Å². The van der Waals surface area contributed by atoms with Gasteiger partial charge < -0.3 is 10.6 Å². The van der Waals surface area contributed by atoms with Crippen molar-refractivity contribution < 1.29 is 4.79 Å². The Morgan fingerprint density at radius 1 is 1.15 bits per heavy atom. The zero-order chi connectivity index (χ0) is 19.0. The van der Waals surface area contributed by atoms with Gasteiger partial charge in [0.15, 0.2) is 5.82 Å². The van der Waals surface area contributed by atoms with Crippen LogP contribution in [0.25, 0.3) is 22.6 Å². The second-order valence-corrected chi connectivity index (χ2v) is 6.10. The number of hydrogen-bond donors (Lipinski definition) is 2. The summed E-state index contributed by atoms with van der Waals surface area (Å²) in [7, 11) is 3.43. The molecule has 0 unspecified atom stereocenters. The van der Waals surface area contributed by atoms with Crippen molar-refractivity contribution in [3.63, 3.8) is 0 Å². The van der Waals surface area contributed by atoms with Gasteiger partial charge in [0.25, 0.3) is 5.91 Å². The second kappa shape index (κ2) is 6.56. The van der Waals surface area contributed by atoms with Gasteiger partial charge in [-0.15, -0.1) is 5.10 Å². The number of carbonyl (C=O) groups excluding carboxylic acids is 1. The van der Waals surface area contributed by atoms with E-state index in [1.165, 1.54) is 0 Å². The molecule has 4 aromatic rings. The molecule has 0 bridgehead atoms. The molecular formula is C19H19N7O. The van der Waals surface area contributed by atoms with Crippen LogP contribution in [0.2, 0.25) is 0 Å². The molecule has 2 N–H and O–H groups in total. The second-order valence-electron chi connectivity index (χ2n) is 6.10. The first-order valence-electron chi connectivity index (χ1n) is 8.52. The lowest BCUT2D eigenvalue weighted by Gasteiger charge is -2.08. The van der Waals surface area contributed by atoms with Crippen molar-refractivity contribution in [2.75, 3.05) is 19.4 Å². The summed E-state index contributed by atoms with van der Waals surface area (Å²) in [5, 5.41) is 14.6. The summed E-state index contributed by atoms with van der Waals surface area (Å²) in [5.74, 6) is 1.28. The molecule has 0 aliphatic carbocycles. The van der Waals surface area contributed by atoms with Gasteiger partial charge in [0, 0.05) is 37.6 Å². The fourth-order valence-electron chi connectivity index (χ4n) is 2.98. The fourth-order valence-corrected chi connectivity index (χ4v) is 2.98. The normalized spacial score (nSPS) is 10.9. The van der Waals surface area contributed by atoms with E-state index in [1.54, 1.807) is 22.4 Å². The van der Waals surface area contributed by atoms with Crippen LogP contribution < -0.4 is 10.6 Å². The maximum absolute atomic E-state index is 12.1. The third-order valence-electron chi connectivity index (χ3n) is 4.35. The topological polar surface area (TPSA) is 89.1 Å². The van der Waals surface area contributed by atoms with Crippen molar-refractivity contribution in [2.24, 2.45) is 0 Å². The quantitative estimate of drug-likeness (QED) is 0.582. The number of rotatable bonds is 4. The largest absolute Gasteiger partial charge is 0.372 e. The number of nitrogens with zero attached hydrogens (tertiary/aromatic N) is 5. The molecule has 8 heteroatoms. The molecule has 4 aromatic heterocycles. The van der Waals surface area contributed by atoms with Crippen LogP contribution >= 0.6 is 0 Å². The summed E-state index contributed by atoms with van der Waals surface area (Å²) in [6, 6.07) is 11.6. The summed E-state index contributed by atoms with van der Waals surface area (Å²) in [6.07, 6.45) is 3.40. The van der Waals surface area contributed by atoms with Gasteiger partial charge in [-0.1, -0.05) is 6.07 Å². The summed E-state index contributed by atoms with van der Waals surface area (Å²) in [5.41, 5.74) is 3.93. The molecule has 0 aliphatic heterocycles. The molecule has 0 radical (unpaired) electrons. The maximum Gasteiger partial charge on any atom is 0.254 e. The molecule has 0 atom stereocenters. The third kappa shape index (κ3) is 2.91. The Hall–Kier alpha value is -3.68. The standard InChI is InChI=1S/C19H19N7O/c1-12-5-4-6-18(23-12)26-15(10-17(20-2)24-26)13-7-8-25-16(9-13)14(11-22-25)19(27)21-3/h4-11H,1-3H3,(H,20,24)(H,21,27). The average Bonchev–Trinajstić information content (AvgIpc) is 3.31. The smallest absolute Gasteiger partial charge is 0.254 e. The fraction of sp³-hybridized carbons (Fsp3) is 0.158. The highest BCUT2D eigenvalue weighted by Crippen LogP contribution is 2.27. The van der Waals surface area contributed by atoms with Gasteiger partial charge in [-0.2, -0.15) is 5.10 Å². The van der Waals surface area contributed by atoms with Crippen LogP contribution in [0.3, 0.4) is 0 Å². The molecule has 0 fully saturated rings. The molecule has 0 spiro atoms. The monoisotopic (exact) mass is 361 g/mol. The number of amides is 1. The minimum Gasteiger partial charge on any atom is -0.372 e. The minimum atomic E-state index is -0.174. The first-order chi connectivity index (χ1) is 13.1. The first-order valence-corrected chi connectivity index (χ1v) is 8.52. The number of carbonyl (C=O) groups is 1. The van der Waals surface area contributed by atoms with Gasteiger partial charge in [0.05, 0.1) is 23.0 Å². The minimum absolute atomic E-state index is 0.174. The van der Waals surface area contributed by atoms with Crippen LogP contribution in [0, 0.1) is 6.92 Å². The van der Waals surface area contributed by atoms with E-state index in [-0.39, 0.29) is 5.91 Å². The number of pyridine rings is 2. The summed E-state index contributed by atoms with van der Waals surface area (Å²) in [6.45, 7) is 1.94. The van der Waals surface area contributed by atoms with E-state index in [9.17, 15) is 4.79 Å². The molecule has 8 nitrogen and oxygen atoms in total. The predicted molar refractivity (Wildman–Crippen MR) is 103 cm³/mol. The van der Waals surface area contributed by atoms with Crippen LogP contribution in [0.4, 0.5) is 5.82 Å². The van der Waals surface area contributed by atoms with Crippen LogP contribution in [-0.2, 0) is 0 Å². The molecule has 136 valence electrons. The van der Waals surface area contributed by atoms with Gasteiger partial charge in [0.2, 0.25) is 0 Å². The molecule has 27 heavy (non-hydrogen) atoms. The molecule has 1 amide bonds. The number of fused-ring (bicyclic) bond motifs is 1. The van der Waals surface area contributed by atoms with Crippen LogP contribution in [0.15, 0.2) is 48.8 Å². The van der Waals surface area contributed by atoms with Crippen molar-refractivity contribution in [3.05, 3.63) is 60.0 Å². The number of nitrogens with one attached hydrogen (secondary N) is 2. The van der Waals surface area contributed by atoms with Crippen LogP contribution in [0.1, 0.15) is 16.1 Å². The summed E-state index contributed by atoms with van der Waals surface area (Å²) < 4.78 is 3.47. The molecule has 0 aromatic carbocycles. The molecule has 0 aliphatic rings. The number of aryl methyl sites for hydroxylation is 1. The van der Waals surface area contributed by atoms with E-state index < -0.39 is 0 Å². The van der Waals surface area contributed by atoms with E-state index in [0.29, 0.717) is 5.56 Å². The van der Waals surface area contributed by atoms with E-state index >= 15 is 0 Å². The van der Waals surface area contributed by atoms with Crippen molar-refractivity contribution >= 4 is 17.2 Å². The molecule has 4 rings (SSSR count). The lowest BCUT2D eigenvalue weighted by atomic mass is 10.1. The molecule has 0 saturated carbocycles. The Morgan fingerprint density at radius 3 is 2.74 bits per heavy atom. The number of anilines is 1. The van der Waals surface area contributed by atoms with Crippen molar-refractivity contribution in [1.29, 1.82) is 0 Å². The zero-order valence-electron chi connectivity index (χ0n) is 15.3. The van der Waals surface area contributed by atoms with Crippen molar-refractivity contribution in [2.45, 2.75) is 6.92 Å². The summed E-state index contributed by atoms with van der Waals surface area (Å²) in [4.78, 5) is 16.7. The Balaban J connectivity index is 1.90. The highest BCUT2D eigenvalue weighted by atomic mass is 16.1. The first kappa shape index (κ1) is 16.8.